The van der Waals surface area contributed by atoms with E-state index in [1.54, 1.807) is 13.8 Å². The quantitative estimate of drug-likeness (QED) is 0.0924. The first-order chi connectivity index (χ1) is 31.2. The third-order valence-electron chi connectivity index (χ3n) is 18.7. The molecule has 0 amide bonds. The lowest BCUT2D eigenvalue weighted by Gasteiger charge is -2.67. The molecule has 19 nitrogen and oxygen atoms in total. The summed E-state index contributed by atoms with van der Waals surface area (Å²) >= 11 is 0. The van der Waals surface area contributed by atoms with E-state index in [0.29, 0.717) is 25.7 Å². The van der Waals surface area contributed by atoms with E-state index < -0.39 is 147 Å². The molecule has 388 valence electrons. The van der Waals surface area contributed by atoms with Crippen molar-refractivity contribution in [3.8, 4) is 0 Å². The highest BCUT2D eigenvalue weighted by atomic mass is 16.7. The van der Waals surface area contributed by atoms with Gasteiger partial charge in [-0.3, -0.25) is 0 Å². The Morgan fingerprint density at radius 1 is 0.672 bits per heavy atom. The Hall–Kier alpha value is -1.02. The van der Waals surface area contributed by atoms with Gasteiger partial charge < -0.3 is 94.8 Å². The minimum atomic E-state index is -1.75. The Kier molecular flexibility index (Phi) is 15.9. The molecule has 19 heteroatoms. The van der Waals surface area contributed by atoms with Crippen LogP contribution in [0.2, 0.25) is 0 Å². The summed E-state index contributed by atoms with van der Waals surface area (Å²) in [6.45, 7) is 14.8. The first-order valence-electron chi connectivity index (χ1n) is 24.5. The molecule has 3 unspecified atom stereocenters. The van der Waals surface area contributed by atoms with Crippen LogP contribution in [-0.4, -0.2) is 202 Å². The highest BCUT2D eigenvalue weighted by Crippen LogP contribution is 2.75. The van der Waals surface area contributed by atoms with Crippen LogP contribution >= 0.6 is 0 Å². The fourth-order valence-corrected chi connectivity index (χ4v) is 14.2. The van der Waals surface area contributed by atoms with Gasteiger partial charge in [0.25, 0.3) is 0 Å². The predicted octanol–water partition coefficient (Wildman–Crippen LogP) is -1.06. The molecule has 13 N–H and O–H groups in total. The topological polar surface area (TPSA) is 318 Å². The van der Waals surface area contributed by atoms with E-state index in [1.165, 1.54) is 5.57 Å². The van der Waals surface area contributed by atoms with Crippen LogP contribution in [0.3, 0.4) is 0 Å². The zero-order valence-corrected chi connectivity index (χ0v) is 40.3. The van der Waals surface area contributed by atoms with Crippen molar-refractivity contribution >= 4 is 0 Å². The molecule has 0 aromatic heterocycles. The second-order valence-corrected chi connectivity index (χ2v) is 23.1. The van der Waals surface area contributed by atoms with Crippen LogP contribution < -0.4 is 0 Å². The summed E-state index contributed by atoms with van der Waals surface area (Å²) in [5, 5.41) is 138. The molecule has 0 aromatic rings. The van der Waals surface area contributed by atoms with Crippen molar-refractivity contribution in [3.05, 3.63) is 11.6 Å². The molecule has 0 bridgehead atoms. The molecule has 3 heterocycles. The molecule has 6 fully saturated rings. The standard InChI is InChI=1S/C48H82O19/c1-21(9-13-31(45(4,5)61)67-43-40(60)37(57)34(54)27(65-43)20-62-41-38(58)35(55)32(52)25(18-49)63-41)22-15-16-46(6)28-12-10-23-24(48(28,8)29(51)17-47(22,46)7)11-14-30(44(23,2)3)66-42-39(59)36(56)33(53)26(19-50)64-42/h10,21-22,24-43,49-61H,9,11-20H2,1-8H3/t21-,22?,24?,25-,26-,27-,28?,29-,30+,31-,32-,33-,34-,35+,36+,37+,38-,39-,40-,41-,42+,43+,46+,47-,48+/m1/s1. The van der Waals surface area contributed by atoms with Crippen molar-refractivity contribution in [2.24, 2.45) is 45.3 Å². The maximum atomic E-state index is 12.6. The smallest absolute Gasteiger partial charge is 0.187 e. The maximum Gasteiger partial charge on any atom is 0.187 e. The van der Waals surface area contributed by atoms with Crippen LogP contribution in [0.5, 0.6) is 0 Å². The van der Waals surface area contributed by atoms with Crippen LogP contribution in [0.1, 0.15) is 107 Å². The summed E-state index contributed by atoms with van der Waals surface area (Å²) in [5.74, 6) is 0.547. The lowest BCUT2D eigenvalue weighted by molar-refractivity contribution is -0.341. The van der Waals surface area contributed by atoms with Crippen molar-refractivity contribution in [2.75, 3.05) is 19.8 Å². The normalized spacial score (nSPS) is 51.0. The summed E-state index contributed by atoms with van der Waals surface area (Å²) in [4.78, 5) is 0. The Bertz CT molecular complexity index is 1710. The molecule has 3 aliphatic heterocycles. The van der Waals surface area contributed by atoms with Gasteiger partial charge in [-0.2, -0.15) is 0 Å². The highest BCUT2D eigenvalue weighted by Gasteiger charge is 2.70. The van der Waals surface area contributed by atoms with Gasteiger partial charge >= 0.3 is 0 Å². The zero-order valence-electron chi connectivity index (χ0n) is 40.3. The average molecular weight is 963 g/mol. The van der Waals surface area contributed by atoms with Gasteiger partial charge in [-0.25, -0.2) is 0 Å². The fourth-order valence-electron chi connectivity index (χ4n) is 14.2. The lowest BCUT2D eigenvalue weighted by Crippen LogP contribution is -2.65. The molecule has 3 saturated carbocycles. The number of rotatable bonds is 14. The number of aliphatic hydroxyl groups is 13. The van der Waals surface area contributed by atoms with Crippen LogP contribution in [0.25, 0.3) is 0 Å². The first kappa shape index (κ1) is 53.8. The average Bonchev–Trinajstić information content (AvgIpc) is 3.54. The fraction of sp³-hybridized carbons (Fsp3) is 0.958. The van der Waals surface area contributed by atoms with E-state index >= 15 is 0 Å². The van der Waals surface area contributed by atoms with Gasteiger partial charge in [0.2, 0.25) is 0 Å². The SMILES string of the molecule is C[C@H](CC[C@@H](O[C@@H]1O[C@H](CO[C@@H]2O[C@H](CO)[C@@H](O)[C@H](O)[C@H]2O)[C@@H](O)[C@H](O)[C@H]1O)C(C)(C)O)C1CC[C@@]2(C)C3CC=C4C(CC[C@H](O[C@@H]5O[C@H](CO)[C@@H](O)[C@H](O)[C@H]5O)C4(C)C)[C@]3(C)[C@H](O)C[C@]12C. The van der Waals surface area contributed by atoms with E-state index in [-0.39, 0.29) is 34.5 Å². The first-order valence-corrected chi connectivity index (χ1v) is 24.5. The molecule has 0 aromatic carbocycles. The number of hydrogen-bond donors (Lipinski definition) is 13. The van der Waals surface area contributed by atoms with Crippen LogP contribution in [0.15, 0.2) is 11.6 Å². The minimum Gasteiger partial charge on any atom is -0.394 e. The molecule has 0 spiro atoms. The maximum absolute atomic E-state index is 12.6. The minimum absolute atomic E-state index is 0.0596. The van der Waals surface area contributed by atoms with E-state index in [1.807, 2.05) is 0 Å². The van der Waals surface area contributed by atoms with Crippen molar-refractivity contribution in [1.29, 1.82) is 0 Å². The van der Waals surface area contributed by atoms with E-state index in [9.17, 15) is 66.4 Å². The summed E-state index contributed by atoms with van der Waals surface area (Å²) in [5.41, 5.74) is -1.60. The van der Waals surface area contributed by atoms with E-state index in [4.69, 9.17) is 28.4 Å². The Balaban J connectivity index is 1.01. The van der Waals surface area contributed by atoms with E-state index in [0.717, 1.165) is 25.7 Å². The molecule has 25 atom stereocenters. The second kappa shape index (κ2) is 19.8. The summed E-state index contributed by atoms with van der Waals surface area (Å²) in [6.07, 6.45) is -16.7. The highest BCUT2D eigenvalue weighted by molar-refractivity contribution is 5.32. The third-order valence-corrected chi connectivity index (χ3v) is 18.7. The third kappa shape index (κ3) is 9.24. The number of aliphatic hydroxyl groups excluding tert-OH is 12. The second-order valence-electron chi connectivity index (χ2n) is 23.1. The van der Waals surface area contributed by atoms with Crippen molar-refractivity contribution < 1.29 is 94.8 Å². The zero-order chi connectivity index (χ0) is 49.5. The van der Waals surface area contributed by atoms with Crippen LogP contribution in [0, 0.1) is 45.3 Å². The monoisotopic (exact) mass is 963 g/mol. The van der Waals surface area contributed by atoms with E-state index in [2.05, 4.69) is 47.6 Å². The summed E-state index contributed by atoms with van der Waals surface area (Å²) in [7, 11) is 0. The van der Waals surface area contributed by atoms with Crippen molar-refractivity contribution in [2.45, 2.75) is 223 Å². The molecule has 0 radical (unpaired) electrons. The molecule has 7 rings (SSSR count). The Morgan fingerprint density at radius 3 is 1.79 bits per heavy atom. The molecule has 4 aliphatic carbocycles. The number of ether oxygens (including phenoxy) is 6. The van der Waals surface area contributed by atoms with Crippen molar-refractivity contribution in [1.82, 2.24) is 0 Å². The predicted molar refractivity (Wildman–Crippen MR) is 235 cm³/mol. The Morgan fingerprint density at radius 2 is 1.21 bits per heavy atom. The molecular formula is C48H82O19. The van der Waals surface area contributed by atoms with Crippen LogP contribution in [-0.2, 0) is 28.4 Å². The van der Waals surface area contributed by atoms with Gasteiger partial charge in [-0.15, -0.1) is 0 Å². The van der Waals surface area contributed by atoms with Gasteiger partial charge in [0, 0.05) is 10.8 Å². The van der Waals surface area contributed by atoms with Gasteiger partial charge in [-0.1, -0.05) is 53.2 Å². The summed E-state index contributed by atoms with van der Waals surface area (Å²) in [6, 6.07) is 0. The van der Waals surface area contributed by atoms with Crippen molar-refractivity contribution in [3.63, 3.8) is 0 Å². The lowest BCUT2D eigenvalue weighted by atomic mass is 9.38. The molecule has 7 aliphatic rings. The van der Waals surface area contributed by atoms with Gasteiger partial charge in [0.1, 0.15) is 73.2 Å². The number of hydrogen-bond acceptors (Lipinski definition) is 19. The molecule has 3 saturated heterocycles. The van der Waals surface area contributed by atoms with Gasteiger partial charge in [-0.05, 0) is 99.7 Å². The number of fused-ring (bicyclic) bond motifs is 5. The Labute approximate surface area is 393 Å². The molecule has 67 heavy (non-hydrogen) atoms. The summed E-state index contributed by atoms with van der Waals surface area (Å²) < 4.78 is 35.3. The van der Waals surface area contributed by atoms with Gasteiger partial charge in [0.05, 0.1) is 43.7 Å². The van der Waals surface area contributed by atoms with Crippen LogP contribution in [0.4, 0.5) is 0 Å². The van der Waals surface area contributed by atoms with Gasteiger partial charge in [0.15, 0.2) is 18.9 Å². The largest absolute Gasteiger partial charge is 0.394 e. The number of allylic oxidation sites excluding steroid dienone is 1. The molecular weight excluding hydrogens is 881 g/mol.